The van der Waals surface area contributed by atoms with Gasteiger partial charge in [-0.25, -0.2) is 9.37 Å². The number of halogens is 1. The number of nitrogens with two attached hydrogens (primary N) is 2. The van der Waals surface area contributed by atoms with Crippen LogP contribution in [-0.2, 0) is 11.2 Å². The molecule has 0 saturated heterocycles. The van der Waals surface area contributed by atoms with Crippen molar-refractivity contribution >= 4 is 33.9 Å². The summed E-state index contributed by atoms with van der Waals surface area (Å²) in [5.74, 6) is -0.527. The van der Waals surface area contributed by atoms with Crippen LogP contribution >= 0.6 is 0 Å². The number of alkyl halides is 1. The molecule has 27 heavy (non-hydrogen) atoms. The Morgan fingerprint density at radius 1 is 1.22 bits per heavy atom. The molecule has 2 heterocycles. The van der Waals surface area contributed by atoms with Gasteiger partial charge in [0.2, 0.25) is 5.91 Å². The molecule has 138 valence electrons. The average Bonchev–Trinajstić information content (AvgIpc) is 3.38. The Bertz CT molecular complexity index is 1050. The SMILES string of the molecule is CCc1c(N)cncc1-c1cc(N)c2cnc(NC(=O)[C@@H]3C[C@@H]3F)cc2c1. The first kappa shape index (κ1) is 17.2. The van der Waals surface area contributed by atoms with Crippen molar-refractivity contribution in [3.05, 3.63) is 42.4 Å². The van der Waals surface area contributed by atoms with Crippen LogP contribution in [0, 0.1) is 5.92 Å². The van der Waals surface area contributed by atoms with Crippen LogP contribution in [0.4, 0.5) is 21.6 Å². The van der Waals surface area contributed by atoms with E-state index < -0.39 is 12.1 Å². The van der Waals surface area contributed by atoms with Gasteiger partial charge in [0, 0.05) is 29.0 Å². The number of hydrogen-bond donors (Lipinski definition) is 3. The number of nitrogens with zero attached hydrogens (tertiary/aromatic N) is 2. The van der Waals surface area contributed by atoms with E-state index in [1.165, 1.54) is 0 Å². The summed E-state index contributed by atoms with van der Waals surface area (Å²) in [5.41, 5.74) is 16.3. The van der Waals surface area contributed by atoms with Crippen LogP contribution in [0.5, 0.6) is 0 Å². The van der Waals surface area contributed by atoms with Gasteiger partial charge in [-0.1, -0.05) is 6.92 Å². The number of fused-ring (bicyclic) bond motifs is 1. The minimum Gasteiger partial charge on any atom is -0.398 e. The predicted octanol–water partition coefficient (Wildman–Crippen LogP) is 3.32. The molecule has 0 radical (unpaired) electrons. The highest BCUT2D eigenvalue weighted by Gasteiger charge is 2.43. The second-order valence-electron chi connectivity index (χ2n) is 6.81. The maximum atomic E-state index is 13.1. The summed E-state index contributed by atoms with van der Waals surface area (Å²) >= 11 is 0. The molecule has 0 unspecified atom stereocenters. The van der Waals surface area contributed by atoms with E-state index in [1.54, 1.807) is 24.7 Å². The predicted molar refractivity (Wildman–Crippen MR) is 105 cm³/mol. The van der Waals surface area contributed by atoms with Gasteiger partial charge >= 0.3 is 0 Å². The summed E-state index contributed by atoms with van der Waals surface area (Å²) in [6.45, 7) is 2.03. The van der Waals surface area contributed by atoms with Crippen molar-refractivity contribution in [2.45, 2.75) is 25.9 Å². The first-order chi connectivity index (χ1) is 13.0. The number of anilines is 3. The normalized spacial score (nSPS) is 18.4. The van der Waals surface area contributed by atoms with E-state index in [4.69, 9.17) is 11.5 Å². The van der Waals surface area contributed by atoms with Gasteiger partial charge < -0.3 is 16.8 Å². The van der Waals surface area contributed by atoms with Gasteiger partial charge in [0.05, 0.1) is 17.8 Å². The molecule has 6 nitrogen and oxygen atoms in total. The smallest absolute Gasteiger partial charge is 0.231 e. The lowest BCUT2D eigenvalue weighted by Crippen LogP contribution is -2.15. The van der Waals surface area contributed by atoms with Crippen molar-refractivity contribution in [2.75, 3.05) is 16.8 Å². The van der Waals surface area contributed by atoms with Crippen molar-refractivity contribution in [1.29, 1.82) is 0 Å². The van der Waals surface area contributed by atoms with Crippen LogP contribution in [0.2, 0.25) is 0 Å². The van der Waals surface area contributed by atoms with Crippen molar-refractivity contribution < 1.29 is 9.18 Å². The first-order valence-corrected chi connectivity index (χ1v) is 8.85. The maximum Gasteiger partial charge on any atom is 0.231 e. The number of amides is 1. The topological polar surface area (TPSA) is 107 Å². The molecule has 0 bridgehead atoms. The number of aromatic nitrogens is 2. The second-order valence-corrected chi connectivity index (χ2v) is 6.81. The van der Waals surface area contributed by atoms with E-state index in [0.29, 0.717) is 17.2 Å². The van der Waals surface area contributed by atoms with Crippen molar-refractivity contribution in [2.24, 2.45) is 5.92 Å². The zero-order chi connectivity index (χ0) is 19.1. The van der Waals surface area contributed by atoms with Crippen LogP contribution in [0.1, 0.15) is 18.9 Å². The van der Waals surface area contributed by atoms with Gasteiger partial charge in [-0.15, -0.1) is 0 Å². The first-order valence-electron chi connectivity index (χ1n) is 8.85. The number of carbonyl (C=O) groups excluding carboxylic acids is 1. The molecule has 0 spiro atoms. The Hall–Kier alpha value is -3.22. The lowest BCUT2D eigenvalue weighted by atomic mass is 9.96. The third-order valence-corrected chi connectivity index (χ3v) is 4.92. The molecule has 1 aliphatic rings. The molecule has 1 amide bonds. The summed E-state index contributed by atoms with van der Waals surface area (Å²) in [4.78, 5) is 20.4. The van der Waals surface area contributed by atoms with Gasteiger partial charge in [-0.05, 0) is 47.6 Å². The van der Waals surface area contributed by atoms with Crippen molar-refractivity contribution in [3.8, 4) is 11.1 Å². The van der Waals surface area contributed by atoms with Gasteiger partial charge in [0.1, 0.15) is 12.0 Å². The molecule has 1 saturated carbocycles. The molecule has 2 aromatic heterocycles. The monoisotopic (exact) mass is 365 g/mol. The molecule has 0 aliphatic heterocycles. The number of hydrogen-bond acceptors (Lipinski definition) is 5. The van der Waals surface area contributed by atoms with Crippen LogP contribution in [0.15, 0.2) is 36.8 Å². The van der Waals surface area contributed by atoms with Crippen LogP contribution in [-0.4, -0.2) is 22.0 Å². The summed E-state index contributed by atoms with van der Waals surface area (Å²) in [7, 11) is 0. The number of benzene rings is 1. The summed E-state index contributed by atoms with van der Waals surface area (Å²) in [6, 6.07) is 5.58. The molecule has 5 N–H and O–H groups in total. The van der Waals surface area contributed by atoms with Gasteiger partial charge in [-0.2, -0.15) is 0 Å². The Kier molecular flexibility index (Phi) is 4.14. The highest BCUT2D eigenvalue weighted by Crippen LogP contribution is 2.36. The Labute approximate surface area is 155 Å². The molecule has 2 atom stereocenters. The Morgan fingerprint density at radius 2 is 2.00 bits per heavy atom. The molecule has 3 aromatic rings. The molecule has 7 heteroatoms. The van der Waals surface area contributed by atoms with E-state index in [0.717, 1.165) is 33.9 Å². The number of pyridine rings is 2. The summed E-state index contributed by atoms with van der Waals surface area (Å²) in [6.07, 6.45) is 5.02. The zero-order valence-corrected chi connectivity index (χ0v) is 14.9. The quantitative estimate of drug-likeness (QED) is 0.615. The van der Waals surface area contributed by atoms with Gasteiger partial charge in [0.15, 0.2) is 0 Å². The summed E-state index contributed by atoms with van der Waals surface area (Å²) in [5, 5.41) is 4.28. The fraction of sp³-hybridized carbons (Fsp3) is 0.250. The standard InChI is InChI=1S/C20H20FN5O/c1-2-12-14(7-24-9-18(12)23)10-3-11-5-19(25-8-15(11)17(22)4-10)26-20(27)13-6-16(13)21/h3-5,7-9,13,16H,2,6,22-23H2,1H3,(H,25,26,27)/t13-,16+/m1/s1. The largest absolute Gasteiger partial charge is 0.398 e. The second kappa shape index (κ2) is 6.50. The minimum atomic E-state index is -1.05. The third-order valence-electron chi connectivity index (χ3n) is 4.92. The lowest BCUT2D eigenvalue weighted by molar-refractivity contribution is -0.117. The number of rotatable bonds is 4. The Morgan fingerprint density at radius 3 is 2.70 bits per heavy atom. The lowest BCUT2D eigenvalue weighted by Gasteiger charge is -2.13. The molecule has 1 fully saturated rings. The van der Waals surface area contributed by atoms with Gasteiger partial charge in [0.25, 0.3) is 0 Å². The minimum absolute atomic E-state index is 0.277. The molecular weight excluding hydrogens is 345 g/mol. The van der Waals surface area contributed by atoms with Gasteiger partial charge in [-0.3, -0.25) is 9.78 Å². The zero-order valence-electron chi connectivity index (χ0n) is 14.9. The molecule has 1 aromatic carbocycles. The van der Waals surface area contributed by atoms with Crippen molar-refractivity contribution in [1.82, 2.24) is 9.97 Å². The van der Waals surface area contributed by atoms with E-state index in [9.17, 15) is 9.18 Å². The fourth-order valence-electron chi connectivity index (χ4n) is 3.31. The number of nitrogen functional groups attached to an aromatic ring is 2. The highest BCUT2D eigenvalue weighted by atomic mass is 19.1. The Balaban J connectivity index is 1.75. The van der Waals surface area contributed by atoms with Crippen molar-refractivity contribution in [3.63, 3.8) is 0 Å². The van der Waals surface area contributed by atoms with Crippen LogP contribution in [0.25, 0.3) is 21.9 Å². The highest BCUT2D eigenvalue weighted by molar-refractivity contribution is 6.00. The fourth-order valence-corrected chi connectivity index (χ4v) is 3.31. The number of nitrogens with one attached hydrogen (secondary N) is 1. The molecule has 1 aliphatic carbocycles. The number of carbonyl (C=O) groups is 1. The molecule has 4 rings (SSSR count). The van der Waals surface area contributed by atoms with E-state index in [1.807, 2.05) is 19.1 Å². The average molecular weight is 365 g/mol. The molecular formula is C20H20FN5O. The maximum absolute atomic E-state index is 13.1. The van der Waals surface area contributed by atoms with Crippen LogP contribution in [0.3, 0.4) is 0 Å². The van der Waals surface area contributed by atoms with E-state index in [-0.39, 0.29) is 12.3 Å². The third kappa shape index (κ3) is 3.16. The van der Waals surface area contributed by atoms with E-state index >= 15 is 0 Å². The van der Waals surface area contributed by atoms with E-state index in [2.05, 4.69) is 15.3 Å². The van der Waals surface area contributed by atoms with Crippen LogP contribution < -0.4 is 16.8 Å². The summed E-state index contributed by atoms with van der Waals surface area (Å²) < 4.78 is 13.1.